The van der Waals surface area contributed by atoms with Gasteiger partial charge in [0, 0.05) is 19.0 Å². The third kappa shape index (κ3) is 4.22. The number of nitriles is 1. The highest BCUT2D eigenvalue weighted by atomic mass is 19.1. The summed E-state index contributed by atoms with van der Waals surface area (Å²) in [4.78, 5) is 19.6. The molecule has 140 valence electrons. The molecule has 1 saturated heterocycles. The molecule has 1 aliphatic carbocycles. The van der Waals surface area contributed by atoms with Gasteiger partial charge in [-0.15, -0.1) is 0 Å². The van der Waals surface area contributed by atoms with Gasteiger partial charge in [0.25, 0.3) is 0 Å². The van der Waals surface area contributed by atoms with Crippen LogP contribution in [0.2, 0.25) is 6.82 Å². The Kier molecular flexibility index (Phi) is 5.89. The number of amides is 1. The van der Waals surface area contributed by atoms with Crippen molar-refractivity contribution >= 4 is 13.0 Å². The number of carbonyl (C=O) groups is 1. The normalized spacial score (nSPS) is 28.5. The minimum atomic E-state index is -1.15. The highest BCUT2D eigenvalue weighted by Crippen LogP contribution is 2.31. The van der Waals surface area contributed by atoms with E-state index in [0.29, 0.717) is 5.92 Å². The van der Waals surface area contributed by atoms with Crippen LogP contribution in [-0.4, -0.2) is 73.8 Å². The van der Waals surface area contributed by atoms with Crippen molar-refractivity contribution in [2.24, 2.45) is 5.92 Å². The summed E-state index contributed by atoms with van der Waals surface area (Å²) in [6.07, 6.45) is 4.83. The summed E-state index contributed by atoms with van der Waals surface area (Å²) in [5.41, 5.74) is 0. The molecule has 2 aliphatic rings. The monoisotopic (exact) mass is 362 g/mol. The number of aromatic nitrogens is 3. The number of carbonyl (C=O) groups excluding carboxylic acids is 1. The second-order valence-corrected chi connectivity index (χ2v) is 7.28. The predicted octanol–water partition coefficient (Wildman–Crippen LogP) is 0.322. The van der Waals surface area contributed by atoms with Gasteiger partial charge in [0.1, 0.15) is 24.9 Å². The second kappa shape index (κ2) is 8.14. The van der Waals surface area contributed by atoms with Crippen molar-refractivity contribution in [3.8, 4) is 6.07 Å². The predicted molar refractivity (Wildman–Crippen MR) is 92.3 cm³/mol. The van der Waals surface area contributed by atoms with Crippen molar-refractivity contribution in [2.45, 2.75) is 57.3 Å². The Balaban J connectivity index is 1.59. The molecule has 10 heteroatoms. The molecule has 3 rings (SSSR count). The van der Waals surface area contributed by atoms with Gasteiger partial charge in [-0.1, -0.05) is 0 Å². The first-order valence-electron chi connectivity index (χ1n) is 9.07. The third-order valence-electron chi connectivity index (χ3n) is 5.41. The van der Waals surface area contributed by atoms with Crippen LogP contribution >= 0.6 is 0 Å². The standard InChI is InChI=1S/C16H24BFN6O2/c1-17(26)24(9-16(25)23-8-13(18)5-15(23)6-19)14-3-2-12(4-14)7-22-11-20-10-21-22/h10-15,26H,2-5,7-9H2,1H3/t12-,13-,14+,15-/m0/s1. The molecule has 0 bridgehead atoms. The molecule has 2 fully saturated rings. The zero-order valence-corrected chi connectivity index (χ0v) is 14.9. The lowest BCUT2D eigenvalue weighted by Gasteiger charge is -2.31. The molecule has 1 aliphatic heterocycles. The maximum Gasteiger partial charge on any atom is 0.377 e. The number of nitrogens with zero attached hydrogens (tertiary/aromatic N) is 6. The van der Waals surface area contributed by atoms with Crippen molar-refractivity contribution in [2.75, 3.05) is 13.1 Å². The smallest absolute Gasteiger partial charge is 0.377 e. The molecule has 0 aromatic carbocycles. The Hall–Kier alpha value is -1.99. The maximum absolute atomic E-state index is 13.6. The van der Waals surface area contributed by atoms with Crippen LogP contribution < -0.4 is 0 Å². The first-order chi connectivity index (χ1) is 12.5. The van der Waals surface area contributed by atoms with Crippen LogP contribution in [0, 0.1) is 17.2 Å². The zero-order valence-electron chi connectivity index (χ0n) is 14.9. The molecule has 0 spiro atoms. The van der Waals surface area contributed by atoms with Gasteiger partial charge in [-0.2, -0.15) is 10.4 Å². The van der Waals surface area contributed by atoms with Crippen LogP contribution in [0.5, 0.6) is 0 Å². The van der Waals surface area contributed by atoms with Crippen molar-refractivity contribution in [3.05, 3.63) is 12.7 Å². The van der Waals surface area contributed by atoms with Crippen LogP contribution in [0.4, 0.5) is 4.39 Å². The van der Waals surface area contributed by atoms with Crippen molar-refractivity contribution in [1.29, 1.82) is 5.26 Å². The van der Waals surface area contributed by atoms with E-state index in [9.17, 15) is 14.2 Å². The van der Waals surface area contributed by atoms with Gasteiger partial charge < -0.3 is 14.7 Å². The quantitative estimate of drug-likeness (QED) is 0.732. The highest BCUT2D eigenvalue weighted by Gasteiger charge is 2.39. The Morgan fingerprint density at radius 1 is 1.50 bits per heavy atom. The molecule has 4 atom stereocenters. The summed E-state index contributed by atoms with van der Waals surface area (Å²) in [6.45, 7) is 2.37. The summed E-state index contributed by atoms with van der Waals surface area (Å²) in [5, 5.41) is 23.4. The van der Waals surface area contributed by atoms with Crippen LogP contribution in [0.3, 0.4) is 0 Å². The van der Waals surface area contributed by atoms with Crippen LogP contribution in [0.1, 0.15) is 25.7 Å². The number of likely N-dealkylation sites (tertiary alicyclic amines) is 1. The molecule has 1 N–H and O–H groups in total. The lowest BCUT2D eigenvalue weighted by atomic mass is 9.82. The summed E-state index contributed by atoms with van der Waals surface area (Å²) in [6, 6.07) is 1.37. The Labute approximate surface area is 152 Å². The summed E-state index contributed by atoms with van der Waals surface area (Å²) < 4.78 is 15.4. The van der Waals surface area contributed by atoms with E-state index in [0.717, 1.165) is 25.8 Å². The molecule has 8 nitrogen and oxygen atoms in total. The summed E-state index contributed by atoms with van der Waals surface area (Å²) in [7, 11) is -0.779. The average molecular weight is 362 g/mol. The Morgan fingerprint density at radius 3 is 2.96 bits per heavy atom. The zero-order chi connectivity index (χ0) is 18.7. The minimum Gasteiger partial charge on any atom is -0.437 e. The molecule has 1 saturated carbocycles. The molecule has 0 radical (unpaired) electrons. The first kappa shape index (κ1) is 18.8. The lowest BCUT2D eigenvalue weighted by Crippen LogP contribution is -2.51. The lowest BCUT2D eigenvalue weighted by molar-refractivity contribution is -0.132. The number of rotatable bonds is 6. The van der Waals surface area contributed by atoms with E-state index in [1.165, 1.54) is 11.2 Å². The van der Waals surface area contributed by atoms with E-state index < -0.39 is 19.3 Å². The van der Waals surface area contributed by atoms with Crippen molar-refractivity contribution in [1.82, 2.24) is 24.5 Å². The van der Waals surface area contributed by atoms with Gasteiger partial charge in [-0.3, -0.25) is 9.48 Å². The first-order valence-corrected chi connectivity index (χ1v) is 9.07. The number of alkyl halides is 1. The van der Waals surface area contributed by atoms with Gasteiger partial charge in [0.05, 0.1) is 19.2 Å². The fraction of sp³-hybridized carbons (Fsp3) is 0.750. The summed E-state index contributed by atoms with van der Waals surface area (Å²) >= 11 is 0. The van der Waals surface area contributed by atoms with Crippen LogP contribution in [0.15, 0.2) is 12.7 Å². The molecule has 1 aromatic rings. The van der Waals surface area contributed by atoms with Crippen LogP contribution in [-0.2, 0) is 11.3 Å². The topological polar surface area (TPSA) is 98.3 Å². The fourth-order valence-electron chi connectivity index (χ4n) is 4.10. The number of hydrogen-bond acceptors (Lipinski definition) is 6. The van der Waals surface area contributed by atoms with Gasteiger partial charge in [0.2, 0.25) is 5.91 Å². The largest absolute Gasteiger partial charge is 0.437 e. The Morgan fingerprint density at radius 2 is 2.31 bits per heavy atom. The van der Waals surface area contributed by atoms with Gasteiger partial charge >= 0.3 is 7.05 Å². The molecule has 1 amide bonds. The molecule has 1 aromatic heterocycles. The van der Waals surface area contributed by atoms with E-state index >= 15 is 0 Å². The fourth-order valence-corrected chi connectivity index (χ4v) is 4.10. The van der Waals surface area contributed by atoms with Gasteiger partial charge in [0.15, 0.2) is 0 Å². The van der Waals surface area contributed by atoms with E-state index in [4.69, 9.17) is 5.26 Å². The SMILES string of the molecule is CB(O)N(CC(=O)N1C[C@@H](F)C[C@H]1C#N)[C@@H]1CC[C@H](Cn2cncn2)C1. The van der Waals surface area contributed by atoms with E-state index in [-0.39, 0.29) is 31.5 Å². The number of hydrogen-bond donors (Lipinski definition) is 1. The average Bonchev–Trinajstić information content (AvgIpc) is 3.33. The number of halogens is 1. The van der Waals surface area contributed by atoms with Crippen molar-refractivity contribution in [3.63, 3.8) is 0 Å². The highest BCUT2D eigenvalue weighted by molar-refractivity contribution is 6.45. The maximum atomic E-state index is 13.6. The van der Waals surface area contributed by atoms with Crippen LogP contribution in [0.25, 0.3) is 0 Å². The van der Waals surface area contributed by atoms with Gasteiger partial charge in [-0.25, -0.2) is 9.37 Å². The molecular weight excluding hydrogens is 338 g/mol. The van der Waals surface area contributed by atoms with E-state index in [2.05, 4.69) is 10.1 Å². The summed E-state index contributed by atoms with van der Waals surface area (Å²) in [5.74, 6) is 0.115. The molecule has 2 heterocycles. The van der Waals surface area contributed by atoms with Crippen molar-refractivity contribution < 1.29 is 14.2 Å². The van der Waals surface area contributed by atoms with E-state index in [1.807, 2.05) is 6.07 Å². The second-order valence-electron chi connectivity index (χ2n) is 7.28. The minimum absolute atomic E-state index is 0.00325. The molecule has 26 heavy (non-hydrogen) atoms. The molecule has 0 unspecified atom stereocenters. The molecular formula is C16H24BFN6O2. The van der Waals surface area contributed by atoms with Gasteiger partial charge in [-0.05, 0) is 32.0 Å². The Bertz CT molecular complexity index is 652. The third-order valence-corrected chi connectivity index (χ3v) is 5.41. The van der Waals surface area contributed by atoms with E-state index in [1.54, 1.807) is 22.6 Å².